The van der Waals surface area contributed by atoms with E-state index in [1.807, 2.05) is 0 Å². The molecule has 2 N–H and O–H groups in total. The van der Waals surface area contributed by atoms with E-state index in [1.54, 1.807) is 12.1 Å². The van der Waals surface area contributed by atoms with Gasteiger partial charge in [-0.1, -0.05) is 0 Å². The van der Waals surface area contributed by atoms with Crippen molar-refractivity contribution in [1.29, 1.82) is 0 Å². The van der Waals surface area contributed by atoms with Gasteiger partial charge in [-0.15, -0.1) is 0 Å². The number of carboxylic acids is 1. The number of carboxylic acid groups (broad SMARTS) is 1. The zero-order valence-corrected chi connectivity index (χ0v) is 11.3. The van der Waals surface area contributed by atoms with Crippen LogP contribution >= 0.6 is 0 Å². The van der Waals surface area contributed by atoms with Gasteiger partial charge in [-0.25, -0.2) is 9.63 Å². The van der Waals surface area contributed by atoms with E-state index in [4.69, 9.17) is 9.84 Å². The van der Waals surface area contributed by atoms with E-state index >= 15 is 0 Å². The molecule has 0 saturated heterocycles. The minimum atomic E-state index is -3.87. The number of methoxy groups -OCH3 is 1. The van der Waals surface area contributed by atoms with E-state index in [0.29, 0.717) is 0 Å². The molecule has 0 aliphatic rings. The molecule has 8 heteroatoms. The summed E-state index contributed by atoms with van der Waals surface area (Å²) in [7, 11) is -2.60. The number of aromatic nitrogens is 1. The molecule has 106 valence electrons. The summed E-state index contributed by atoms with van der Waals surface area (Å²) < 4.78 is 30.6. The molecule has 0 atom stereocenters. The number of aromatic carboxylic acids is 1. The predicted octanol–water partition coefficient (Wildman–Crippen LogP) is 1.13. The van der Waals surface area contributed by atoms with E-state index in [0.717, 1.165) is 6.07 Å². The number of benzene rings is 1. The number of hydrogen-bond acceptors (Lipinski definition) is 4. The molecule has 2 aromatic rings. The molecule has 0 radical (unpaired) electrons. The van der Waals surface area contributed by atoms with Crippen LogP contribution in [0.5, 0.6) is 5.75 Å². The van der Waals surface area contributed by atoms with Gasteiger partial charge in [-0.05, 0) is 30.3 Å². The Morgan fingerprint density at radius 1 is 1.30 bits per heavy atom. The largest absolute Gasteiger partial charge is 0.495 e. The molecule has 0 fully saturated rings. The molecular formula is C12H12N2O5S. The molecule has 0 saturated carbocycles. The molecule has 1 heterocycles. The van der Waals surface area contributed by atoms with Gasteiger partial charge in [-0.2, -0.15) is 8.42 Å². The van der Waals surface area contributed by atoms with Crippen molar-refractivity contribution in [1.82, 2.24) is 4.68 Å². The van der Waals surface area contributed by atoms with Gasteiger partial charge in [0.2, 0.25) is 0 Å². The van der Waals surface area contributed by atoms with Crippen molar-refractivity contribution in [2.24, 2.45) is 0 Å². The van der Waals surface area contributed by atoms with Gasteiger partial charge in [0.25, 0.3) is 10.0 Å². The fraction of sp³-hybridized carbons (Fsp3) is 0.0833. The number of ether oxygens (including phenoxy) is 1. The topological polar surface area (TPSA) is 97.6 Å². The molecular weight excluding hydrogens is 284 g/mol. The highest BCUT2D eigenvalue weighted by atomic mass is 32.2. The first kappa shape index (κ1) is 13.9. The lowest BCUT2D eigenvalue weighted by Gasteiger charge is -2.12. The predicted molar refractivity (Wildman–Crippen MR) is 70.9 cm³/mol. The lowest BCUT2D eigenvalue weighted by Crippen LogP contribution is -2.22. The third-order valence-electron chi connectivity index (χ3n) is 2.53. The highest BCUT2D eigenvalue weighted by molar-refractivity contribution is 7.92. The number of hydrogen-bond donors (Lipinski definition) is 2. The Balaban J connectivity index is 2.43. The zero-order chi connectivity index (χ0) is 14.8. The van der Waals surface area contributed by atoms with Crippen molar-refractivity contribution in [3.05, 3.63) is 48.3 Å². The van der Waals surface area contributed by atoms with Crippen molar-refractivity contribution >= 4 is 16.0 Å². The summed E-state index contributed by atoms with van der Waals surface area (Å²) in [4.78, 5) is 13.0. The summed E-state index contributed by atoms with van der Waals surface area (Å²) in [5.41, 5.74) is -0.0539. The molecule has 7 nitrogen and oxygen atoms in total. The van der Waals surface area contributed by atoms with E-state index in [2.05, 4.69) is 4.83 Å². The fourth-order valence-corrected chi connectivity index (χ4v) is 2.76. The molecule has 1 aromatic carbocycles. The third-order valence-corrected chi connectivity index (χ3v) is 3.90. The third kappa shape index (κ3) is 2.75. The van der Waals surface area contributed by atoms with Gasteiger partial charge in [0, 0.05) is 12.4 Å². The number of carbonyl (C=O) groups is 1. The summed E-state index contributed by atoms with van der Waals surface area (Å²) in [6.45, 7) is 0. The van der Waals surface area contributed by atoms with Gasteiger partial charge in [0.05, 0.1) is 12.7 Å². The normalized spacial score (nSPS) is 11.1. The standard InChI is InChI=1S/C12H12N2O5S/c1-19-10-8-9(12(15)16)4-5-11(10)20(17,18)13-14-6-2-3-7-14/h2-8,13H,1H3,(H,15,16). The fourth-order valence-electron chi connectivity index (χ4n) is 1.61. The van der Waals surface area contributed by atoms with Crippen LogP contribution in [0.1, 0.15) is 10.4 Å². The van der Waals surface area contributed by atoms with Crippen LogP contribution in [-0.4, -0.2) is 31.3 Å². The molecule has 0 unspecified atom stereocenters. The van der Waals surface area contributed by atoms with Crippen LogP contribution in [0.25, 0.3) is 0 Å². The van der Waals surface area contributed by atoms with Gasteiger partial charge < -0.3 is 9.84 Å². The summed E-state index contributed by atoms with van der Waals surface area (Å²) in [6, 6.07) is 6.87. The van der Waals surface area contributed by atoms with E-state index in [1.165, 1.54) is 36.3 Å². The van der Waals surface area contributed by atoms with Gasteiger partial charge in [0.15, 0.2) is 0 Å². The van der Waals surface area contributed by atoms with Crippen molar-refractivity contribution in [2.75, 3.05) is 11.9 Å². The molecule has 1 aromatic heterocycles. The second-order valence-corrected chi connectivity index (χ2v) is 5.49. The lowest BCUT2D eigenvalue weighted by molar-refractivity contribution is 0.0696. The van der Waals surface area contributed by atoms with E-state index in [9.17, 15) is 13.2 Å². The van der Waals surface area contributed by atoms with Gasteiger partial charge in [0.1, 0.15) is 10.6 Å². The van der Waals surface area contributed by atoms with Crippen LogP contribution in [0.15, 0.2) is 47.6 Å². The van der Waals surface area contributed by atoms with Gasteiger partial charge >= 0.3 is 5.97 Å². The van der Waals surface area contributed by atoms with Crippen molar-refractivity contribution in [2.45, 2.75) is 4.90 Å². The Bertz CT molecular complexity index is 722. The SMILES string of the molecule is COc1cc(C(=O)O)ccc1S(=O)(=O)Nn1cccc1. The highest BCUT2D eigenvalue weighted by Crippen LogP contribution is 2.25. The average Bonchev–Trinajstić information content (AvgIpc) is 2.89. The van der Waals surface area contributed by atoms with Crippen LogP contribution < -0.4 is 9.57 Å². The molecule has 20 heavy (non-hydrogen) atoms. The number of sulfonamides is 1. The zero-order valence-electron chi connectivity index (χ0n) is 10.5. The average molecular weight is 296 g/mol. The van der Waals surface area contributed by atoms with E-state index < -0.39 is 16.0 Å². The van der Waals surface area contributed by atoms with Crippen molar-refractivity contribution in [3.8, 4) is 5.75 Å². The van der Waals surface area contributed by atoms with Crippen LogP contribution in [0.2, 0.25) is 0 Å². The lowest BCUT2D eigenvalue weighted by atomic mass is 10.2. The first-order valence-electron chi connectivity index (χ1n) is 5.51. The minimum absolute atomic E-state index is 0.0374. The molecule has 0 bridgehead atoms. The molecule has 0 aliphatic heterocycles. The van der Waals surface area contributed by atoms with Crippen molar-refractivity contribution < 1.29 is 23.1 Å². The second kappa shape index (κ2) is 5.25. The quantitative estimate of drug-likeness (QED) is 0.862. The highest BCUT2D eigenvalue weighted by Gasteiger charge is 2.21. The first-order chi connectivity index (χ1) is 9.44. The van der Waals surface area contributed by atoms with Crippen LogP contribution in [0.4, 0.5) is 0 Å². The summed E-state index contributed by atoms with van der Waals surface area (Å²) >= 11 is 0. The Morgan fingerprint density at radius 3 is 2.50 bits per heavy atom. The van der Waals surface area contributed by atoms with Gasteiger partial charge in [-0.3, -0.25) is 4.68 Å². The number of nitrogens with one attached hydrogen (secondary N) is 1. The van der Waals surface area contributed by atoms with Crippen LogP contribution in [0.3, 0.4) is 0 Å². The smallest absolute Gasteiger partial charge is 0.335 e. The Morgan fingerprint density at radius 2 is 1.95 bits per heavy atom. The summed E-state index contributed by atoms with van der Waals surface area (Å²) in [5, 5.41) is 8.88. The molecule has 2 rings (SSSR count). The maximum Gasteiger partial charge on any atom is 0.335 e. The second-order valence-electron chi connectivity index (χ2n) is 3.86. The van der Waals surface area contributed by atoms with Crippen molar-refractivity contribution in [3.63, 3.8) is 0 Å². The van der Waals surface area contributed by atoms with Crippen LogP contribution in [-0.2, 0) is 10.0 Å². The number of nitrogens with zero attached hydrogens (tertiary/aromatic N) is 1. The van der Waals surface area contributed by atoms with Crippen LogP contribution in [0, 0.1) is 0 Å². The Labute approximate surface area is 115 Å². The number of rotatable bonds is 5. The minimum Gasteiger partial charge on any atom is -0.495 e. The first-order valence-corrected chi connectivity index (χ1v) is 6.99. The summed E-state index contributed by atoms with van der Waals surface area (Å²) in [5.74, 6) is -1.20. The Kier molecular flexibility index (Phi) is 3.66. The maximum absolute atomic E-state index is 12.2. The Hall–Kier alpha value is -2.48. The molecule has 0 aliphatic carbocycles. The molecule has 0 amide bonds. The maximum atomic E-state index is 12.2. The molecule has 0 spiro atoms. The monoisotopic (exact) mass is 296 g/mol. The van der Waals surface area contributed by atoms with E-state index in [-0.39, 0.29) is 16.2 Å². The summed E-state index contributed by atoms with van der Waals surface area (Å²) in [6.07, 6.45) is 3.05.